The van der Waals surface area contributed by atoms with Crippen LogP contribution in [0.4, 0.5) is 0 Å². The second-order valence-electron chi connectivity index (χ2n) is 21.9. The number of nitrogens with two attached hydrogens (primary N) is 2. The number of phenolic OH excluding ortho intramolecular Hbond substituents is 1. The molecule has 9 amide bonds. The van der Waals surface area contributed by atoms with Crippen molar-refractivity contribution in [1.82, 2.24) is 52.8 Å². The van der Waals surface area contributed by atoms with E-state index in [4.69, 9.17) is 11.5 Å². The molecule has 0 aliphatic rings. The van der Waals surface area contributed by atoms with E-state index in [1.54, 1.807) is 60.8 Å². The van der Waals surface area contributed by atoms with E-state index in [0.29, 0.717) is 34.0 Å². The molecule has 3 aromatic carbocycles. The van der Waals surface area contributed by atoms with E-state index in [0.717, 1.165) is 6.92 Å². The monoisotopic (exact) mass is 1220 g/mol. The highest BCUT2D eigenvalue weighted by Gasteiger charge is 2.38. The van der Waals surface area contributed by atoms with Crippen molar-refractivity contribution in [2.24, 2.45) is 17.4 Å². The molecule has 0 spiro atoms. The van der Waals surface area contributed by atoms with Gasteiger partial charge in [0.1, 0.15) is 66.2 Å². The maximum atomic E-state index is 14.7. The number of unbranched alkanes of at least 4 members (excludes halogenated alkanes) is 1. The molecule has 28 heteroatoms. The lowest BCUT2D eigenvalue weighted by molar-refractivity contribution is -0.142. The highest BCUT2D eigenvalue weighted by Crippen LogP contribution is 2.20. The lowest BCUT2D eigenvalue weighted by Gasteiger charge is -2.30. The van der Waals surface area contributed by atoms with Crippen LogP contribution in [0.2, 0.25) is 0 Å². The molecule has 1 aromatic heterocycles. The number of hydrogen-bond donors (Lipinski definition) is 18. The van der Waals surface area contributed by atoms with E-state index in [-0.39, 0.29) is 44.4 Å². The van der Waals surface area contributed by atoms with Crippen LogP contribution in [0, 0.1) is 5.92 Å². The molecule has 0 bridgehead atoms. The number of fused-ring (bicyclic) bond motifs is 1. The summed E-state index contributed by atoms with van der Waals surface area (Å²) in [4.78, 5) is 140. The number of amides is 9. The van der Waals surface area contributed by atoms with Crippen LogP contribution >= 0.6 is 0 Å². The number of carbonyl (C=O) groups excluding carboxylic acids is 9. The Kier molecular flexibility index (Phi) is 27.7. The van der Waals surface area contributed by atoms with Gasteiger partial charge in [-0.1, -0.05) is 74.5 Å². The molecule has 0 aliphatic carbocycles. The SMILES string of the molecule is CC(C)[C@H](NC(=O)[C@@H](NC(=O)[C@H](C)NC(=O)[C@@H](NC(=O)[C@@H](N)[C@@H](C)O)[C@@H](C)O)[C@@H](C)O)C(=O)N[C@H](C(=O)N[C@@H](CCCCN)C(=O)N[C@@H](Cc1ccc(O)cc1)C(=O)N[C@@H](Cc1c[nH]c2ccccc12)C(=O)N[C@@H](Cc1ccccc1)C(=O)O)[C@@H](C)O. The van der Waals surface area contributed by atoms with E-state index in [1.807, 2.05) is 0 Å². The molecular formula is C59H84N12O16. The normalized spacial score (nSPS) is 16.2. The molecule has 28 nitrogen and oxygen atoms in total. The zero-order valence-electron chi connectivity index (χ0n) is 49.6. The third kappa shape index (κ3) is 21.7. The Morgan fingerprint density at radius 2 is 0.897 bits per heavy atom. The van der Waals surface area contributed by atoms with E-state index >= 15 is 0 Å². The molecule has 0 radical (unpaired) electrons. The maximum absolute atomic E-state index is 14.7. The summed E-state index contributed by atoms with van der Waals surface area (Å²) >= 11 is 0. The molecular weight excluding hydrogens is 1130 g/mol. The molecule has 476 valence electrons. The summed E-state index contributed by atoms with van der Waals surface area (Å²) < 4.78 is 0. The van der Waals surface area contributed by atoms with Gasteiger partial charge in [-0.2, -0.15) is 0 Å². The van der Waals surface area contributed by atoms with Crippen molar-refractivity contribution < 1.29 is 78.6 Å². The van der Waals surface area contributed by atoms with Gasteiger partial charge in [0.25, 0.3) is 0 Å². The first-order valence-electron chi connectivity index (χ1n) is 28.5. The van der Waals surface area contributed by atoms with Gasteiger partial charge in [-0.25, -0.2) is 4.79 Å². The molecule has 1 heterocycles. The number of hydrogen-bond acceptors (Lipinski definition) is 17. The van der Waals surface area contributed by atoms with Gasteiger partial charge in [-0.05, 0) is 101 Å². The first kappa shape index (κ1) is 70.9. The zero-order chi connectivity index (χ0) is 64.8. The van der Waals surface area contributed by atoms with E-state index in [1.165, 1.54) is 65.8 Å². The van der Waals surface area contributed by atoms with Crippen molar-refractivity contribution in [3.05, 3.63) is 102 Å². The Morgan fingerprint density at radius 1 is 0.460 bits per heavy atom. The standard InChI is InChI=1S/C59H84N12O16/c1-29(2)46(68-58(85)49(34(7)75)69-50(77)30(3)63-56(83)47(32(5)73)70-54(81)45(61)31(4)72)55(82)71-48(33(6)74)57(84)64-41(19-13-14-24-60)51(78)65-42(25-36-20-22-38(76)23-21-36)52(79)66-43(27-37-28-62-40-18-12-11-17-39(37)40)53(80)67-44(59(86)87)26-35-15-9-8-10-16-35/h8-12,15-18,20-23,28-34,41-49,62,72-76H,13-14,19,24-27,60-61H2,1-7H3,(H,63,83)(H,64,84)(H,65,78)(H,66,79)(H,67,80)(H,68,85)(H,69,77)(H,70,81)(H,71,82)(H,86,87)/t30-,31+,32+,33+,34+,41-,42-,43-,44-,45-,46-,47-,48-,49-/m0/s1. The number of aliphatic carboxylic acids is 1. The zero-order valence-corrected chi connectivity index (χ0v) is 49.6. The van der Waals surface area contributed by atoms with Crippen LogP contribution in [0.5, 0.6) is 5.75 Å². The van der Waals surface area contributed by atoms with Crippen molar-refractivity contribution in [2.45, 2.75) is 172 Å². The molecule has 14 atom stereocenters. The predicted molar refractivity (Wildman–Crippen MR) is 317 cm³/mol. The van der Waals surface area contributed by atoms with Crippen LogP contribution in [0.1, 0.15) is 84.4 Å². The summed E-state index contributed by atoms with van der Waals surface area (Å²) in [6.07, 6.45) is -4.45. The van der Waals surface area contributed by atoms with Gasteiger partial charge in [0.2, 0.25) is 53.2 Å². The molecule has 0 saturated carbocycles. The van der Waals surface area contributed by atoms with Gasteiger partial charge in [0, 0.05) is 36.4 Å². The summed E-state index contributed by atoms with van der Waals surface area (Å²) in [5.74, 6) is -11.2. The number of aromatic amines is 1. The number of para-hydroxylation sites is 1. The fraction of sp³-hybridized carbons (Fsp3) is 0.492. The number of H-pyrrole nitrogens is 1. The van der Waals surface area contributed by atoms with Gasteiger partial charge in [-0.3, -0.25) is 43.2 Å². The van der Waals surface area contributed by atoms with Crippen LogP contribution < -0.4 is 59.3 Å². The quantitative estimate of drug-likeness (QED) is 0.0207. The Balaban J connectivity index is 1.57. The highest BCUT2D eigenvalue weighted by molar-refractivity contribution is 5.99. The number of aliphatic hydroxyl groups is 4. The molecule has 0 saturated heterocycles. The molecule has 20 N–H and O–H groups in total. The number of aromatic nitrogens is 1. The number of rotatable bonds is 34. The van der Waals surface area contributed by atoms with Crippen molar-refractivity contribution in [3.8, 4) is 5.75 Å². The maximum Gasteiger partial charge on any atom is 0.326 e. The number of carbonyl (C=O) groups is 10. The van der Waals surface area contributed by atoms with E-state index in [9.17, 15) is 78.6 Å². The third-order valence-corrected chi connectivity index (χ3v) is 14.2. The number of aromatic hydroxyl groups is 1. The second kappa shape index (κ2) is 34.0. The first-order chi connectivity index (χ1) is 41.0. The molecule has 87 heavy (non-hydrogen) atoms. The Hall–Kier alpha value is -8.54. The summed E-state index contributed by atoms with van der Waals surface area (Å²) in [6, 6.07) is 5.90. The average Bonchev–Trinajstić information content (AvgIpc) is 2.94. The number of carboxylic acid groups (broad SMARTS) is 1. The van der Waals surface area contributed by atoms with Crippen LogP contribution in [-0.4, -0.2) is 186 Å². The average molecular weight is 1220 g/mol. The van der Waals surface area contributed by atoms with E-state index < -0.39 is 150 Å². The Labute approximate surface area is 503 Å². The Bertz CT molecular complexity index is 2980. The smallest absolute Gasteiger partial charge is 0.326 e. The van der Waals surface area contributed by atoms with Crippen molar-refractivity contribution in [1.29, 1.82) is 0 Å². The highest BCUT2D eigenvalue weighted by atomic mass is 16.4. The number of phenols is 1. The van der Waals surface area contributed by atoms with Crippen molar-refractivity contribution in [2.75, 3.05) is 6.54 Å². The van der Waals surface area contributed by atoms with Gasteiger partial charge in [0.15, 0.2) is 0 Å². The van der Waals surface area contributed by atoms with Crippen LogP contribution in [-0.2, 0) is 67.2 Å². The number of nitrogens with one attached hydrogen (secondary N) is 10. The van der Waals surface area contributed by atoms with Crippen molar-refractivity contribution in [3.63, 3.8) is 0 Å². The largest absolute Gasteiger partial charge is 0.508 e. The number of aliphatic hydroxyl groups excluding tert-OH is 4. The van der Waals surface area contributed by atoms with Crippen molar-refractivity contribution >= 4 is 70.0 Å². The van der Waals surface area contributed by atoms with Gasteiger partial charge < -0.3 is 94.9 Å². The predicted octanol–water partition coefficient (Wildman–Crippen LogP) is -3.00. The summed E-state index contributed by atoms with van der Waals surface area (Å²) in [5.41, 5.74) is 13.8. The molecule has 4 rings (SSSR count). The summed E-state index contributed by atoms with van der Waals surface area (Å²) in [5, 5.41) is 84.7. The minimum atomic E-state index is -1.81. The van der Waals surface area contributed by atoms with E-state index in [2.05, 4.69) is 52.8 Å². The number of benzene rings is 3. The second-order valence-corrected chi connectivity index (χ2v) is 21.9. The molecule has 0 fully saturated rings. The minimum absolute atomic E-state index is 0.0951. The lowest BCUT2D eigenvalue weighted by atomic mass is 10.00. The molecule has 0 aliphatic heterocycles. The van der Waals surface area contributed by atoms with Crippen LogP contribution in [0.25, 0.3) is 10.9 Å². The number of carboxylic acids is 1. The van der Waals surface area contributed by atoms with Gasteiger partial charge in [0.05, 0.1) is 24.4 Å². The lowest BCUT2D eigenvalue weighted by Crippen LogP contribution is -2.63. The van der Waals surface area contributed by atoms with Crippen LogP contribution in [0.15, 0.2) is 85.1 Å². The molecule has 4 aromatic rings. The Morgan fingerprint density at radius 3 is 1.44 bits per heavy atom. The summed E-state index contributed by atoms with van der Waals surface area (Å²) in [7, 11) is 0. The third-order valence-electron chi connectivity index (χ3n) is 14.2. The summed E-state index contributed by atoms with van der Waals surface area (Å²) in [6.45, 7) is 9.11. The van der Waals surface area contributed by atoms with Gasteiger partial charge in [-0.15, -0.1) is 0 Å². The van der Waals surface area contributed by atoms with Crippen LogP contribution in [0.3, 0.4) is 0 Å². The first-order valence-corrected chi connectivity index (χ1v) is 28.5. The topological polar surface area (TPSA) is 468 Å². The van der Waals surface area contributed by atoms with Gasteiger partial charge >= 0.3 is 5.97 Å². The minimum Gasteiger partial charge on any atom is -0.508 e. The fourth-order valence-electron chi connectivity index (χ4n) is 9.05. The fourth-order valence-corrected chi connectivity index (χ4v) is 9.05. The molecule has 0 unspecified atom stereocenters.